The van der Waals surface area contributed by atoms with E-state index in [1.165, 1.54) is 0 Å². The number of hydrogen-bond donors (Lipinski definition) is 2. The highest BCUT2D eigenvalue weighted by Gasteiger charge is 2.16. The monoisotopic (exact) mass is 187 g/mol. The first-order valence-corrected chi connectivity index (χ1v) is 5.49. The minimum atomic E-state index is -0.188. The van der Waals surface area contributed by atoms with Gasteiger partial charge in [0.05, 0.1) is 6.10 Å². The van der Waals surface area contributed by atoms with E-state index < -0.39 is 0 Å². The molecule has 0 spiro atoms. The predicted octanol–water partition coefficient (Wildman–Crippen LogP) is 2.16. The van der Waals surface area contributed by atoms with Crippen LogP contribution < -0.4 is 5.73 Å². The van der Waals surface area contributed by atoms with Gasteiger partial charge in [-0.05, 0) is 37.6 Å². The van der Waals surface area contributed by atoms with E-state index in [0.29, 0.717) is 18.4 Å². The van der Waals surface area contributed by atoms with Crippen molar-refractivity contribution in [2.45, 2.75) is 52.6 Å². The van der Waals surface area contributed by atoms with Gasteiger partial charge in [-0.1, -0.05) is 27.2 Å². The molecule has 0 saturated carbocycles. The standard InChI is InChI=1S/C11H25NO/c1-4-5-10(8-12)11(13)7-6-9(2)3/h9-11,13H,4-8,12H2,1-3H3. The number of nitrogens with two attached hydrogens (primary N) is 1. The third-order valence-corrected chi connectivity index (χ3v) is 2.55. The van der Waals surface area contributed by atoms with Crippen LogP contribution in [-0.2, 0) is 0 Å². The lowest BCUT2D eigenvalue weighted by atomic mass is 9.92. The third-order valence-electron chi connectivity index (χ3n) is 2.55. The summed E-state index contributed by atoms with van der Waals surface area (Å²) in [7, 11) is 0. The van der Waals surface area contributed by atoms with E-state index in [-0.39, 0.29) is 6.10 Å². The average molecular weight is 187 g/mol. The summed E-state index contributed by atoms with van der Waals surface area (Å²) < 4.78 is 0. The van der Waals surface area contributed by atoms with Gasteiger partial charge < -0.3 is 10.8 Å². The van der Waals surface area contributed by atoms with E-state index in [1.54, 1.807) is 0 Å². The maximum absolute atomic E-state index is 9.81. The molecule has 80 valence electrons. The topological polar surface area (TPSA) is 46.2 Å². The van der Waals surface area contributed by atoms with E-state index in [4.69, 9.17) is 5.73 Å². The highest BCUT2D eigenvalue weighted by molar-refractivity contribution is 4.69. The highest BCUT2D eigenvalue weighted by Crippen LogP contribution is 2.16. The van der Waals surface area contributed by atoms with E-state index >= 15 is 0 Å². The summed E-state index contributed by atoms with van der Waals surface area (Å²) in [4.78, 5) is 0. The van der Waals surface area contributed by atoms with Crippen molar-refractivity contribution in [1.82, 2.24) is 0 Å². The molecular weight excluding hydrogens is 162 g/mol. The number of hydrogen-bond acceptors (Lipinski definition) is 2. The third kappa shape index (κ3) is 6.05. The SMILES string of the molecule is CCCC(CN)C(O)CCC(C)C. The molecule has 0 aliphatic heterocycles. The van der Waals surface area contributed by atoms with E-state index in [9.17, 15) is 5.11 Å². The van der Waals surface area contributed by atoms with Crippen LogP contribution in [0.25, 0.3) is 0 Å². The molecule has 0 aromatic rings. The molecule has 0 saturated heterocycles. The maximum Gasteiger partial charge on any atom is 0.0580 e. The molecule has 0 aromatic heterocycles. The van der Waals surface area contributed by atoms with Gasteiger partial charge in [-0.2, -0.15) is 0 Å². The Labute approximate surface area is 82.5 Å². The quantitative estimate of drug-likeness (QED) is 0.641. The lowest BCUT2D eigenvalue weighted by molar-refractivity contribution is 0.0917. The summed E-state index contributed by atoms with van der Waals surface area (Å²) >= 11 is 0. The number of aliphatic hydroxyl groups excluding tert-OH is 1. The summed E-state index contributed by atoms with van der Waals surface area (Å²) in [6.07, 6.45) is 3.98. The molecule has 0 amide bonds. The van der Waals surface area contributed by atoms with Crippen LogP contribution in [0.1, 0.15) is 46.5 Å². The minimum absolute atomic E-state index is 0.188. The van der Waals surface area contributed by atoms with E-state index in [2.05, 4.69) is 20.8 Å². The largest absolute Gasteiger partial charge is 0.393 e. The van der Waals surface area contributed by atoms with Crippen LogP contribution in [-0.4, -0.2) is 17.8 Å². The van der Waals surface area contributed by atoms with Crippen LogP contribution in [0.15, 0.2) is 0 Å². The van der Waals surface area contributed by atoms with Crippen molar-refractivity contribution < 1.29 is 5.11 Å². The van der Waals surface area contributed by atoms with Gasteiger partial charge in [0.15, 0.2) is 0 Å². The van der Waals surface area contributed by atoms with Crippen molar-refractivity contribution in [3.63, 3.8) is 0 Å². The van der Waals surface area contributed by atoms with Gasteiger partial charge in [0, 0.05) is 0 Å². The Bertz CT molecular complexity index is 115. The lowest BCUT2D eigenvalue weighted by Gasteiger charge is -2.21. The molecule has 2 nitrogen and oxygen atoms in total. The molecule has 3 N–H and O–H groups in total. The Morgan fingerprint density at radius 1 is 1.15 bits per heavy atom. The second kappa shape index (κ2) is 7.34. The molecule has 2 heteroatoms. The summed E-state index contributed by atoms with van der Waals surface area (Å²) in [6.45, 7) is 7.12. The molecule has 2 unspecified atom stereocenters. The fourth-order valence-corrected chi connectivity index (χ4v) is 1.58. The Morgan fingerprint density at radius 2 is 1.77 bits per heavy atom. The molecule has 0 heterocycles. The molecule has 13 heavy (non-hydrogen) atoms. The first-order valence-electron chi connectivity index (χ1n) is 5.49. The Kier molecular flexibility index (Phi) is 7.29. The van der Waals surface area contributed by atoms with Crippen LogP contribution in [0.3, 0.4) is 0 Å². The molecule has 0 bridgehead atoms. The zero-order valence-electron chi connectivity index (χ0n) is 9.29. The summed E-state index contributed by atoms with van der Waals surface area (Å²) in [5, 5.41) is 9.81. The van der Waals surface area contributed by atoms with Crippen molar-refractivity contribution >= 4 is 0 Å². The Balaban J connectivity index is 3.69. The molecular formula is C11H25NO. The van der Waals surface area contributed by atoms with Gasteiger partial charge >= 0.3 is 0 Å². The van der Waals surface area contributed by atoms with Gasteiger partial charge in [-0.3, -0.25) is 0 Å². The first-order chi connectivity index (χ1) is 6.11. The van der Waals surface area contributed by atoms with Crippen molar-refractivity contribution in [2.24, 2.45) is 17.6 Å². The molecule has 0 aromatic carbocycles. The average Bonchev–Trinajstić information content (AvgIpc) is 2.10. The van der Waals surface area contributed by atoms with Crippen LogP contribution in [0.5, 0.6) is 0 Å². The summed E-state index contributed by atoms with van der Waals surface area (Å²) in [5.74, 6) is 0.985. The smallest absolute Gasteiger partial charge is 0.0580 e. The maximum atomic E-state index is 9.81. The minimum Gasteiger partial charge on any atom is -0.393 e. The Morgan fingerprint density at radius 3 is 2.15 bits per heavy atom. The molecule has 0 radical (unpaired) electrons. The van der Waals surface area contributed by atoms with Crippen molar-refractivity contribution in [3.8, 4) is 0 Å². The normalized spacial score (nSPS) is 16.2. The zero-order chi connectivity index (χ0) is 10.3. The summed E-state index contributed by atoms with van der Waals surface area (Å²) in [6, 6.07) is 0. The van der Waals surface area contributed by atoms with Gasteiger partial charge in [-0.15, -0.1) is 0 Å². The Hall–Kier alpha value is -0.0800. The van der Waals surface area contributed by atoms with Gasteiger partial charge in [0.2, 0.25) is 0 Å². The van der Waals surface area contributed by atoms with Crippen molar-refractivity contribution in [2.75, 3.05) is 6.54 Å². The van der Waals surface area contributed by atoms with Crippen LogP contribution in [0, 0.1) is 11.8 Å². The lowest BCUT2D eigenvalue weighted by Crippen LogP contribution is -2.28. The van der Waals surface area contributed by atoms with Crippen molar-refractivity contribution in [1.29, 1.82) is 0 Å². The highest BCUT2D eigenvalue weighted by atomic mass is 16.3. The molecule has 0 aliphatic rings. The van der Waals surface area contributed by atoms with Crippen LogP contribution in [0.2, 0.25) is 0 Å². The van der Waals surface area contributed by atoms with Crippen LogP contribution in [0.4, 0.5) is 0 Å². The van der Waals surface area contributed by atoms with Gasteiger partial charge in [0.25, 0.3) is 0 Å². The summed E-state index contributed by atoms with van der Waals surface area (Å²) in [5.41, 5.74) is 5.61. The zero-order valence-corrected chi connectivity index (χ0v) is 9.29. The van der Waals surface area contributed by atoms with E-state index in [1.807, 2.05) is 0 Å². The first kappa shape index (κ1) is 12.9. The van der Waals surface area contributed by atoms with Crippen LogP contribution >= 0.6 is 0 Å². The van der Waals surface area contributed by atoms with E-state index in [0.717, 1.165) is 25.7 Å². The fourth-order valence-electron chi connectivity index (χ4n) is 1.58. The predicted molar refractivity (Wildman–Crippen MR) is 57.5 cm³/mol. The van der Waals surface area contributed by atoms with Crippen molar-refractivity contribution in [3.05, 3.63) is 0 Å². The molecule has 0 rings (SSSR count). The molecule has 2 atom stereocenters. The second-order valence-corrected chi connectivity index (χ2v) is 4.32. The number of aliphatic hydroxyl groups is 1. The molecule has 0 aliphatic carbocycles. The second-order valence-electron chi connectivity index (χ2n) is 4.32. The molecule has 0 fully saturated rings. The van der Waals surface area contributed by atoms with Gasteiger partial charge in [-0.25, -0.2) is 0 Å². The van der Waals surface area contributed by atoms with Gasteiger partial charge in [0.1, 0.15) is 0 Å². The number of rotatable bonds is 7. The fraction of sp³-hybridized carbons (Fsp3) is 1.00.